The molecule has 6 nitrogen and oxygen atoms in total. The minimum Gasteiger partial charge on any atom is -0.337 e. The smallest absolute Gasteiger partial charge is 0.249 e. The van der Waals surface area contributed by atoms with E-state index in [2.05, 4.69) is 28.9 Å². The van der Waals surface area contributed by atoms with Crippen LogP contribution < -0.4 is 0 Å². The maximum Gasteiger partial charge on any atom is 0.249 e. The van der Waals surface area contributed by atoms with E-state index in [1.54, 1.807) is 0 Å². The first kappa shape index (κ1) is 18.4. The second-order valence-electron chi connectivity index (χ2n) is 7.75. The Bertz CT molecular complexity index is 551. The van der Waals surface area contributed by atoms with Crippen LogP contribution in [0.5, 0.6) is 0 Å². The summed E-state index contributed by atoms with van der Waals surface area (Å²) in [4.78, 5) is 21.8. The highest BCUT2D eigenvalue weighted by molar-refractivity contribution is 5.76. The summed E-state index contributed by atoms with van der Waals surface area (Å²) in [6.07, 6.45) is 8.64. The molecule has 2 aliphatic rings. The number of carbonyl (C=O) groups excluding carboxylic acids is 1. The number of rotatable bonds is 6. The molecule has 1 aromatic heterocycles. The molecule has 0 saturated carbocycles. The number of carbonyl (C=O) groups is 1. The Balaban J connectivity index is 1.54. The van der Waals surface area contributed by atoms with Crippen LogP contribution in [0, 0.1) is 0 Å². The average Bonchev–Trinajstić information content (AvgIpc) is 3.13. The molecule has 0 bridgehead atoms. The molecule has 1 amide bonds. The van der Waals surface area contributed by atoms with E-state index in [4.69, 9.17) is 4.52 Å². The first-order valence-corrected chi connectivity index (χ1v) is 10.0. The summed E-state index contributed by atoms with van der Waals surface area (Å²) < 4.78 is 5.48. The lowest BCUT2D eigenvalue weighted by molar-refractivity contribution is -0.135. The van der Waals surface area contributed by atoms with E-state index in [9.17, 15) is 4.79 Å². The first-order valence-electron chi connectivity index (χ1n) is 10.0. The highest BCUT2D eigenvalue weighted by Crippen LogP contribution is 2.31. The van der Waals surface area contributed by atoms with E-state index < -0.39 is 0 Å². The third-order valence-electron chi connectivity index (χ3n) is 5.40. The molecule has 140 valence electrons. The van der Waals surface area contributed by atoms with Gasteiger partial charge >= 0.3 is 0 Å². The van der Waals surface area contributed by atoms with E-state index in [0.29, 0.717) is 12.3 Å². The Morgan fingerprint density at radius 1 is 1.16 bits per heavy atom. The van der Waals surface area contributed by atoms with Crippen molar-refractivity contribution in [1.82, 2.24) is 19.9 Å². The summed E-state index contributed by atoms with van der Waals surface area (Å²) in [5, 5.41) is 4.08. The lowest BCUT2D eigenvalue weighted by Gasteiger charge is -2.34. The number of amides is 1. The topological polar surface area (TPSA) is 62.5 Å². The summed E-state index contributed by atoms with van der Waals surface area (Å²) in [7, 11) is 0. The monoisotopic (exact) mass is 348 g/mol. The van der Waals surface area contributed by atoms with Crippen LogP contribution in [0.4, 0.5) is 0 Å². The van der Waals surface area contributed by atoms with Gasteiger partial charge in [0.25, 0.3) is 0 Å². The zero-order valence-electron chi connectivity index (χ0n) is 15.7. The summed E-state index contributed by atoms with van der Waals surface area (Å²) in [6.45, 7) is 8.36. The van der Waals surface area contributed by atoms with Crippen molar-refractivity contribution in [2.24, 2.45) is 0 Å². The fourth-order valence-corrected chi connectivity index (χ4v) is 3.88. The Labute approximate surface area is 150 Å². The molecule has 3 rings (SSSR count). The van der Waals surface area contributed by atoms with Gasteiger partial charge in [0.2, 0.25) is 11.8 Å². The van der Waals surface area contributed by atoms with Crippen LogP contribution in [0.15, 0.2) is 4.52 Å². The van der Waals surface area contributed by atoms with E-state index in [1.165, 1.54) is 32.4 Å². The fourth-order valence-electron chi connectivity index (χ4n) is 3.88. The van der Waals surface area contributed by atoms with Crippen molar-refractivity contribution >= 4 is 5.91 Å². The molecular weight excluding hydrogens is 316 g/mol. The lowest BCUT2D eigenvalue weighted by atomic mass is 10.0. The zero-order valence-corrected chi connectivity index (χ0v) is 15.7. The minimum absolute atomic E-state index is 0.0313. The number of likely N-dealkylation sites (tertiary alicyclic amines) is 2. The second-order valence-corrected chi connectivity index (χ2v) is 7.75. The standard InChI is InChI=1S/C19H32N4O2/c1-15(2)18-20-19(25-21-18)16-9-4-7-14-23(16)17(24)10-8-13-22-11-5-3-6-12-22/h15-16H,3-14H2,1-2H3/t16-/m1/s1. The molecule has 1 aromatic rings. The van der Waals surface area contributed by atoms with Gasteiger partial charge in [-0.25, -0.2) is 0 Å². The number of hydrogen-bond donors (Lipinski definition) is 0. The van der Waals surface area contributed by atoms with Gasteiger partial charge in [-0.2, -0.15) is 4.98 Å². The molecule has 2 aliphatic heterocycles. The molecule has 0 unspecified atom stereocenters. The molecule has 25 heavy (non-hydrogen) atoms. The number of nitrogens with zero attached hydrogens (tertiary/aromatic N) is 4. The molecule has 6 heteroatoms. The van der Waals surface area contributed by atoms with Crippen LogP contribution in [0.2, 0.25) is 0 Å². The number of aromatic nitrogens is 2. The van der Waals surface area contributed by atoms with Crippen molar-refractivity contribution in [3.05, 3.63) is 11.7 Å². The van der Waals surface area contributed by atoms with Gasteiger partial charge in [-0.3, -0.25) is 4.79 Å². The Morgan fingerprint density at radius 2 is 1.92 bits per heavy atom. The third kappa shape index (κ3) is 4.81. The predicted octanol–water partition coefficient (Wildman–Crippen LogP) is 3.51. The van der Waals surface area contributed by atoms with Crippen molar-refractivity contribution in [3.8, 4) is 0 Å². The minimum atomic E-state index is -0.0313. The number of piperidine rings is 2. The van der Waals surface area contributed by atoms with Gasteiger partial charge in [0.1, 0.15) is 6.04 Å². The highest BCUT2D eigenvalue weighted by Gasteiger charge is 2.32. The molecule has 0 N–H and O–H groups in total. The van der Waals surface area contributed by atoms with Crippen LogP contribution >= 0.6 is 0 Å². The van der Waals surface area contributed by atoms with Crippen LogP contribution in [0.1, 0.15) is 88.9 Å². The van der Waals surface area contributed by atoms with Crippen molar-refractivity contribution in [1.29, 1.82) is 0 Å². The number of hydrogen-bond acceptors (Lipinski definition) is 5. The van der Waals surface area contributed by atoms with Gasteiger partial charge in [0.15, 0.2) is 5.82 Å². The second kappa shape index (κ2) is 8.79. The third-order valence-corrected chi connectivity index (χ3v) is 5.40. The molecule has 0 spiro atoms. The molecule has 0 aliphatic carbocycles. The normalized spacial score (nSPS) is 22.5. The predicted molar refractivity (Wildman–Crippen MR) is 96.2 cm³/mol. The highest BCUT2D eigenvalue weighted by atomic mass is 16.5. The van der Waals surface area contributed by atoms with Crippen LogP contribution in [-0.4, -0.2) is 52.0 Å². The van der Waals surface area contributed by atoms with E-state index in [-0.39, 0.29) is 17.9 Å². The van der Waals surface area contributed by atoms with Gasteiger partial charge in [0, 0.05) is 18.9 Å². The largest absolute Gasteiger partial charge is 0.337 e. The van der Waals surface area contributed by atoms with Crippen molar-refractivity contribution in [2.45, 2.75) is 77.2 Å². The van der Waals surface area contributed by atoms with E-state index in [0.717, 1.165) is 44.6 Å². The van der Waals surface area contributed by atoms with Crippen LogP contribution in [0.3, 0.4) is 0 Å². The van der Waals surface area contributed by atoms with Crippen molar-refractivity contribution in [2.75, 3.05) is 26.2 Å². The van der Waals surface area contributed by atoms with Gasteiger partial charge in [-0.1, -0.05) is 25.4 Å². The first-order chi connectivity index (χ1) is 12.1. The fraction of sp³-hybridized carbons (Fsp3) is 0.842. The lowest BCUT2D eigenvalue weighted by Crippen LogP contribution is -2.39. The Hall–Kier alpha value is -1.43. The van der Waals surface area contributed by atoms with Gasteiger partial charge in [-0.15, -0.1) is 0 Å². The van der Waals surface area contributed by atoms with E-state index in [1.807, 2.05) is 4.90 Å². The molecule has 0 radical (unpaired) electrons. The Morgan fingerprint density at radius 3 is 2.64 bits per heavy atom. The summed E-state index contributed by atoms with van der Waals surface area (Å²) in [6, 6.07) is -0.0313. The van der Waals surface area contributed by atoms with Gasteiger partial charge < -0.3 is 14.3 Å². The quantitative estimate of drug-likeness (QED) is 0.787. The summed E-state index contributed by atoms with van der Waals surface area (Å²) >= 11 is 0. The molecular formula is C19H32N4O2. The van der Waals surface area contributed by atoms with Crippen molar-refractivity contribution in [3.63, 3.8) is 0 Å². The Kier molecular flexibility index (Phi) is 6.45. The molecule has 1 atom stereocenters. The summed E-state index contributed by atoms with van der Waals surface area (Å²) in [5.41, 5.74) is 0. The molecule has 0 aromatic carbocycles. The summed E-state index contributed by atoms with van der Waals surface area (Å²) in [5.74, 6) is 1.84. The molecule has 2 saturated heterocycles. The van der Waals surface area contributed by atoms with E-state index >= 15 is 0 Å². The van der Waals surface area contributed by atoms with Crippen LogP contribution in [0.25, 0.3) is 0 Å². The average molecular weight is 348 g/mol. The molecule has 3 heterocycles. The van der Waals surface area contributed by atoms with Crippen LogP contribution in [-0.2, 0) is 4.79 Å². The SMILES string of the molecule is CC(C)c1noc([C@H]2CCCCN2C(=O)CCCN2CCCCC2)n1. The van der Waals surface area contributed by atoms with Gasteiger partial charge in [0.05, 0.1) is 0 Å². The van der Waals surface area contributed by atoms with Crippen molar-refractivity contribution < 1.29 is 9.32 Å². The maximum absolute atomic E-state index is 12.8. The molecule has 2 fully saturated rings. The van der Waals surface area contributed by atoms with Gasteiger partial charge in [-0.05, 0) is 58.2 Å². The maximum atomic E-state index is 12.8. The zero-order chi connectivity index (χ0) is 17.6.